The number of alkyl halides is 1. The van der Waals surface area contributed by atoms with Gasteiger partial charge in [0.05, 0.1) is 5.41 Å². The first-order valence-electron chi connectivity index (χ1n) is 7.81. The van der Waals surface area contributed by atoms with E-state index in [1.165, 1.54) is 16.7 Å². The highest BCUT2D eigenvalue weighted by Crippen LogP contribution is 2.44. The summed E-state index contributed by atoms with van der Waals surface area (Å²) < 4.78 is 0. The predicted molar refractivity (Wildman–Crippen MR) is 101 cm³/mol. The van der Waals surface area contributed by atoms with Gasteiger partial charge in [-0.3, -0.25) is 0 Å². The molecule has 0 radical (unpaired) electrons. The molecule has 0 amide bonds. The van der Waals surface area contributed by atoms with Crippen molar-refractivity contribution in [3.8, 4) is 0 Å². The van der Waals surface area contributed by atoms with Crippen LogP contribution in [0.4, 0.5) is 0 Å². The Hall–Kier alpha value is -1.90. The van der Waals surface area contributed by atoms with E-state index in [1.807, 2.05) is 0 Å². The number of halogens is 1. The van der Waals surface area contributed by atoms with Gasteiger partial charge >= 0.3 is 0 Å². The third kappa shape index (κ3) is 2.85. The van der Waals surface area contributed by atoms with Crippen LogP contribution in [-0.2, 0) is 5.41 Å². The smallest absolute Gasteiger partial charge is 0.0588 e. The van der Waals surface area contributed by atoms with Crippen molar-refractivity contribution in [1.29, 1.82) is 0 Å². The van der Waals surface area contributed by atoms with Crippen molar-refractivity contribution in [2.75, 3.05) is 6.54 Å². The number of rotatable bonds is 5. The lowest BCUT2D eigenvalue weighted by Gasteiger charge is -2.39. The molecule has 1 atom stereocenters. The Morgan fingerprint density at radius 2 is 0.957 bits per heavy atom. The molecule has 23 heavy (non-hydrogen) atoms. The summed E-state index contributed by atoms with van der Waals surface area (Å²) in [5, 5.41) is 0. The quantitative estimate of drug-likeness (QED) is 0.512. The van der Waals surface area contributed by atoms with Crippen LogP contribution in [-0.4, -0.2) is 11.4 Å². The van der Waals surface area contributed by atoms with Crippen LogP contribution in [0.15, 0.2) is 91.0 Å². The van der Waals surface area contributed by atoms with Crippen LogP contribution in [0, 0.1) is 0 Å². The fraction of sp³-hybridized carbons (Fsp3) is 0.143. The van der Waals surface area contributed by atoms with Crippen molar-refractivity contribution >= 4 is 15.9 Å². The van der Waals surface area contributed by atoms with E-state index in [0.717, 1.165) is 0 Å². The van der Waals surface area contributed by atoms with Crippen LogP contribution in [0.5, 0.6) is 0 Å². The number of hydrogen-bond acceptors (Lipinski definition) is 1. The molecular weight excluding hydrogens is 346 g/mol. The van der Waals surface area contributed by atoms with E-state index in [-0.39, 0.29) is 10.2 Å². The molecule has 3 rings (SSSR count). The standard InChI is InChI=1S/C21H20BrN/c22-20(16-23)21(17-10-4-1-5-11-17,18-12-6-2-7-13-18)19-14-8-3-9-15-19/h1-15,20H,16,23H2. The van der Waals surface area contributed by atoms with Gasteiger partial charge in [-0.05, 0) is 16.7 Å². The Bertz CT molecular complexity index is 629. The Morgan fingerprint density at radius 3 is 1.22 bits per heavy atom. The van der Waals surface area contributed by atoms with Crippen LogP contribution in [0.1, 0.15) is 16.7 Å². The third-order valence-electron chi connectivity index (χ3n) is 4.36. The number of nitrogens with two attached hydrogens (primary N) is 1. The van der Waals surface area contributed by atoms with Crippen LogP contribution in [0.25, 0.3) is 0 Å². The van der Waals surface area contributed by atoms with Gasteiger partial charge in [0.25, 0.3) is 0 Å². The zero-order valence-corrected chi connectivity index (χ0v) is 14.5. The molecule has 2 N–H and O–H groups in total. The van der Waals surface area contributed by atoms with Gasteiger partial charge in [0, 0.05) is 11.4 Å². The number of hydrogen-bond donors (Lipinski definition) is 1. The van der Waals surface area contributed by atoms with Crippen LogP contribution >= 0.6 is 15.9 Å². The van der Waals surface area contributed by atoms with Crippen LogP contribution in [0.2, 0.25) is 0 Å². The zero-order valence-electron chi connectivity index (χ0n) is 12.9. The molecule has 116 valence electrons. The molecule has 2 heteroatoms. The molecule has 3 aromatic rings. The monoisotopic (exact) mass is 365 g/mol. The highest BCUT2D eigenvalue weighted by molar-refractivity contribution is 9.09. The van der Waals surface area contributed by atoms with E-state index in [2.05, 4.69) is 107 Å². The molecule has 0 spiro atoms. The van der Waals surface area contributed by atoms with Crippen molar-refractivity contribution < 1.29 is 0 Å². The minimum Gasteiger partial charge on any atom is -0.329 e. The van der Waals surface area contributed by atoms with Gasteiger partial charge in [0.1, 0.15) is 0 Å². The van der Waals surface area contributed by atoms with Gasteiger partial charge in [0.2, 0.25) is 0 Å². The molecule has 0 bridgehead atoms. The second-order valence-electron chi connectivity index (χ2n) is 5.61. The molecule has 0 aliphatic rings. The van der Waals surface area contributed by atoms with Crippen molar-refractivity contribution in [1.82, 2.24) is 0 Å². The highest BCUT2D eigenvalue weighted by Gasteiger charge is 2.41. The average Bonchev–Trinajstić information content (AvgIpc) is 2.65. The molecule has 0 saturated heterocycles. The normalized spacial score (nSPS) is 12.8. The lowest BCUT2D eigenvalue weighted by Crippen LogP contribution is -2.42. The van der Waals surface area contributed by atoms with Crippen LogP contribution in [0.3, 0.4) is 0 Å². The van der Waals surface area contributed by atoms with E-state index < -0.39 is 0 Å². The minimum atomic E-state index is -0.321. The van der Waals surface area contributed by atoms with Gasteiger partial charge in [-0.15, -0.1) is 0 Å². The summed E-state index contributed by atoms with van der Waals surface area (Å²) in [6.45, 7) is 0.540. The largest absolute Gasteiger partial charge is 0.329 e. The van der Waals surface area contributed by atoms with E-state index in [4.69, 9.17) is 5.73 Å². The third-order valence-corrected chi connectivity index (χ3v) is 5.42. The van der Waals surface area contributed by atoms with Gasteiger partial charge in [-0.25, -0.2) is 0 Å². The van der Waals surface area contributed by atoms with E-state index in [0.29, 0.717) is 6.54 Å². The van der Waals surface area contributed by atoms with Gasteiger partial charge in [-0.1, -0.05) is 107 Å². The maximum absolute atomic E-state index is 6.12. The van der Waals surface area contributed by atoms with Gasteiger partial charge in [0.15, 0.2) is 0 Å². The summed E-state index contributed by atoms with van der Waals surface area (Å²) in [5.41, 5.74) is 9.52. The van der Waals surface area contributed by atoms with Crippen LogP contribution < -0.4 is 5.73 Å². The number of benzene rings is 3. The molecule has 3 aromatic carbocycles. The van der Waals surface area contributed by atoms with Gasteiger partial charge in [-0.2, -0.15) is 0 Å². The minimum absolute atomic E-state index is 0.0854. The Kier molecular flexibility index (Phi) is 4.94. The lowest BCUT2D eigenvalue weighted by atomic mass is 9.67. The molecular formula is C21H20BrN. The maximum Gasteiger partial charge on any atom is 0.0588 e. The van der Waals surface area contributed by atoms with E-state index in [9.17, 15) is 0 Å². The fourth-order valence-electron chi connectivity index (χ4n) is 3.32. The first-order valence-corrected chi connectivity index (χ1v) is 8.72. The van der Waals surface area contributed by atoms with E-state index >= 15 is 0 Å². The molecule has 0 fully saturated rings. The first kappa shape index (κ1) is 16.0. The summed E-state index contributed by atoms with van der Waals surface area (Å²) in [7, 11) is 0. The van der Waals surface area contributed by atoms with E-state index in [1.54, 1.807) is 0 Å². The van der Waals surface area contributed by atoms with Crippen molar-refractivity contribution in [2.24, 2.45) is 5.73 Å². The summed E-state index contributed by atoms with van der Waals surface area (Å²) in [6.07, 6.45) is 0. The summed E-state index contributed by atoms with van der Waals surface area (Å²) >= 11 is 3.89. The first-order chi connectivity index (χ1) is 11.3. The van der Waals surface area contributed by atoms with Gasteiger partial charge < -0.3 is 5.73 Å². The zero-order chi connectivity index (χ0) is 16.1. The van der Waals surface area contributed by atoms with Crippen molar-refractivity contribution in [3.05, 3.63) is 108 Å². The second-order valence-corrected chi connectivity index (χ2v) is 6.71. The SMILES string of the molecule is NCC(Br)C(c1ccccc1)(c1ccccc1)c1ccccc1. The molecule has 0 aliphatic carbocycles. The lowest BCUT2D eigenvalue weighted by molar-refractivity contribution is 0.592. The maximum atomic E-state index is 6.12. The summed E-state index contributed by atoms with van der Waals surface area (Å²) in [6, 6.07) is 31.8. The van der Waals surface area contributed by atoms with Crippen molar-refractivity contribution in [2.45, 2.75) is 10.2 Å². The Labute approximate surface area is 146 Å². The molecule has 1 unspecified atom stereocenters. The van der Waals surface area contributed by atoms with Crippen molar-refractivity contribution in [3.63, 3.8) is 0 Å². The fourth-order valence-corrected chi connectivity index (χ4v) is 4.12. The average molecular weight is 366 g/mol. The summed E-state index contributed by atoms with van der Waals surface area (Å²) in [4.78, 5) is 0.0854. The topological polar surface area (TPSA) is 26.0 Å². The molecule has 0 saturated carbocycles. The second kappa shape index (κ2) is 7.12. The molecule has 1 nitrogen and oxygen atoms in total. The Balaban J connectivity index is 2.35. The highest BCUT2D eigenvalue weighted by atomic mass is 79.9. The Morgan fingerprint density at radius 1 is 0.652 bits per heavy atom. The molecule has 0 heterocycles. The molecule has 0 aromatic heterocycles. The summed E-state index contributed by atoms with van der Waals surface area (Å²) in [5.74, 6) is 0. The predicted octanol–water partition coefficient (Wildman–Crippen LogP) is 4.74. The molecule has 0 aliphatic heterocycles.